The Labute approximate surface area is 165 Å². The van der Waals surface area contributed by atoms with Gasteiger partial charge in [0, 0.05) is 18.0 Å². The Morgan fingerprint density at radius 1 is 1.04 bits per heavy atom. The van der Waals surface area contributed by atoms with Crippen LogP contribution in [0.1, 0.15) is 12.8 Å². The Morgan fingerprint density at radius 3 is 2.30 bits per heavy atom. The van der Waals surface area contributed by atoms with Crippen molar-refractivity contribution in [3.8, 4) is 11.5 Å². The van der Waals surface area contributed by atoms with Crippen molar-refractivity contribution in [3.63, 3.8) is 0 Å². The first-order chi connectivity index (χ1) is 12.4. The van der Waals surface area contributed by atoms with Gasteiger partial charge in [0.15, 0.2) is 14.6 Å². The molecular weight excluding hydrogens is 388 g/mol. The van der Waals surface area contributed by atoms with Gasteiger partial charge in [0.25, 0.3) is 0 Å². The molecule has 0 unspecified atom stereocenters. The van der Waals surface area contributed by atoms with E-state index >= 15 is 0 Å². The van der Waals surface area contributed by atoms with Crippen molar-refractivity contribution in [2.45, 2.75) is 17.6 Å². The van der Waals surface area contributed by atoms with E-state index in [4.69, 9.17) is 4.74 Å². The highest BCUT2D eigenvalue weighted by Crippen LogP contribution is 2.30. The number of benzene rings is 2. The van der Waals surface area contributed by atoms with Gasteiger partial charge in [0.05, 0.1) is 0 Å². The molecule has 0 saturated carbocycles. The number of carbonyl (C=O) groups is 1. The molecule has 0 radical (unpaired) electrons. The molecule has 2 aromatic carbocycles. The predicted octanol–water partition coefficient (Wildman–Crippen LogP) is 3.01. The molecule has 2 N–H and O–H groups in total. The van der Waals surface area contributed by atoms with Gasteiger partial charge >= 0.3 is 0 Å². The first-order valence-corrected chi connectivity index (χ1v) is 10.3. The summed E-state index contributed by atoms with van der Waals surface area (Å²) >= 11 is 0. The SMILES string of the molecule is CS(=O)(=O)C1(C(=O)Nc2cccc(Oc3ccccc3)c2)CCNCC1.Cl. The lowest BCUT2D eigenvalue weighted by atomic mass is 9.95. The van der Waals surface area contributed by atoms with E-state index in [0.29, 0.717) is 30.3 Å². The van der Waals surface area contributed by atoms with Gasteiger partial charge in [-0.3, -0.25) is 4.79 Å². The number of sulfone groups is 1. The van der Waals surface area contributed by atoms with Crippen LogP contribution in [0.5, 0.6) is 11.5 Å². The zero-order chi connectivity index (χ0) is 18.6. The summed E-state index contributed by atoms with van der Waals surface area (Å²) in [5.74, 6) is 0.757. The molecular formula is C19H23ClN2O4S. The van der Waals surface area contributed by atoms with Crippen molar-refractivity contribution >= 4 is 33.8 Å². The molecule has 3 rings (SSSR count). The fourth-order valence-electron chi connectivity index (χ4n) is 3.10. The number of rotatable bonds is 5. The molecule has 1 aliphatic heterocycles. The molecule has 27 heavy (non-hydrogen) atoms. The summed E-state index contributed by atoms with van der Waals surface area (Å²) in [4.78, 5) is 12.8. The van der Waals surface area contributed by atoms with E-state index in [2.05, 4.69) is 10.6 Å². The third kappa shape index (κ3) is 4.80. The number of nitrogens with one attached hydrogen (secondary N) is 2. The van der Waals surface area contributed by atoms with Crippen LogP contribution in [-0.4, -0.2) is 38.4 Å². The maximum absolute atomic E-state index is 12.8. The molecule has 1 saturated heterocycles. The molecule has 2 aromatic rings. The molecule has 0 bridgehead atoms. The average molecular weight is 411 g/mol. The number of piperidine rings is 1. The smallest absolute Gasteiger partial charge is 0.245 e. The third-order valence-electron chi connectivity index (χ3n) is 4.61. The van der Waals surface area contributed by atoms with E-state index in [1.807, 2.05) is 30.3 Å². The maximum atomic E-state index is 12.8. The van der Waals surface area contributed by atoms with Crippen molar-refractivity contribution in [1.29, 1.82) is 0 Å². The Bertz CT molecular complexity index is 882. The van der Waals surface area contributed by atoms with Crippen LogP contribution >= 0.6 is 12.4 Å². The Morgan fingerprint density at radius 2 is 1.67 bits per heavy atom. The van der Waals surface area contributed by atoms with Crippen LogP contribution in [0.2, 0.25) is 0 Å². The minimum absolute atomic E-state index is 0. The largest absolute Gasteiger partial charge is 0.457 e. The van der Waals surface area contributed by atoms with E-state index in [9.17, 15) is 13.2 Å². The van der Waals surface area contributed by atoms with Crippen molar-refractivity contribution in [1.82, 2.24) is 5.32 Å². The fraction of sp³-hybridized carbons (Fsp3) is 0.316. The zero-order valence-corrected chi connectivity index (χ0v) is 16.6. The number of hydrogen-bond acceptors (Lipinski definition) is 5. The number of ether oxygens (including phenoxy) is 1. The first-order valence-electron chi connectivity index (χ1n) is 8.45. The van der Waals surface area contributed by atoms with Gasteiger partial charge in [0.2, 0.25) is 5.91 Å². The second kappa shape index (κ2) is 8.73. The summed E-state index contributed by atoms with van der Waals surface area (Å²) in [6, 6.07) is 16.2. The van der Waals surface area contributed by atoms with E-state index in [1.165, 1.54) is 0 Å². The number of amides is 1. The van der Waals surface area contributed by atoms with Crippen LogP contribution in [0.3, 0.4) is 0 Å². The molecule has 8 heteroatoms. The van der Waals surface area contributed by atoms with Crippen LogP contribution in [0, 0.1) is 0 Å². The lowest BCUT2D eigenvalue weighted by molar-refractivity contribution is -0.119. The summed E-state index contributed by atoms with van der Waals surface area (Å²) in [7, 11) is -3.55. The fourth-order valence-corrected chi connectivity index (χ4v) is 4.44. The lowest BCUT2D eigenvalue weighted by Gasteiger charge is -2.34. The van der Waals surface area contributed by atoms with Gasteiger partial charge in [-0.2, -0.15) is 0 Å². The van der Waals surface area contributed by atoms with Gasteiger partial charge in [-0.1, -0.05) is 24.3 Å². The molecule has 1 heterocycles. The molecule has 1 amide bonds. The highest BCUT2D eigenvalue weighted by atomic mass is 35.5. The lowest BCUT2D eigenvalue weighted by Crippen LogP contribution is -2.55. The summed E-state index contributed by atoms with van der Waals surface area (Å²) in [5.41, 5.74) is 0.505. The van der Waals surface area contributed by atoms with Crippen molar-refractivity contribution in [2.24, 2.45) is 0 Å². The highest BCUT2D eigenvalue weighted by molar-refractivity contribution is 7.92. The summed E-state index contributed by atoms with van der Waals surface area (Å²) in [6.07, 6.45) is 1.66. The molecule has 1 aliphatic rings. The zero-order valence-electron chi connectivity index (χ0n) is 15.0. The second-order valence-electron chi connectivity index (χ2n) is 6.41. The van der Waals surface area contributed by atoms with E-state index < -0.39 is 20.5 Å². The molecule has 146 valence electrons. The topological polar surface area (TPSA) is 84.5 Å². The molecule has 0 atom stereocenters. The van der Waals surface area contributed by atoms with Crippen LogP contribution in [0.25, 0.3) is 0 Å². The van der Waals surface area contributed by atoms with Crippen molar-refractivity contribution < 1.29 is 17.9 Å². The highest BCUT2D eigenvalue weighted by Gasteiger charge is 2.48. The first kappa shape index (κ1) is 21.2. The minimum Gasteiger partial charge on any atom is -0.457 e. The molecule has 1 fully saturated rings. The average Bonchev–Trinajstić information content (AvgIpc) is 2.62. The van der Waals surface area contributed by atoms with Crippen molar-refractivity contribution in [3.05, 3.63) is 54.6 Å². The normalized spacial score (nSPS) is 16.0. The van der Waals surface area contributed by atoms with Crippen molar-refractivity contribution in [2.75, 3.05) is 24.7 Å². The molecule has 0 aliphatic carbocycles. The quantitative estimate of drug-likeness (QED) is 0.791. The summed E-state index contributed by atoms with van der Waals surface area (Å²) in [6.45, 7) is 0.995. The second-order valence-corrected chi connectivity index (χ2v) is 8.74. The van der Waals surface area contributed by atoms with Gasteiger partial charge in [-0.05, 0) is 50.2 Å². The minimum atomic E-state index is -3.55. The number of anilines is 1. The number of hydrogen-bond donors (Lipinski definition) is 2. The summed E-state index contributed by atoms with van der Waals surface area (Å²) in [5, 5.41) is 5.86. The van der Waals surface area contributed by atoms with E-state index in [-0.39, 0.29) is 25.2 Å². The Kier molecular flexibility index (Phi) is 6.86. The van der Waals surface area contributed by atoms with Crippen LogP contribution < -0.4 is 15.4 Å². The van der Waals surface area contributed by atoms with Gasteiger partial charge in [-0.15, -0.1) is 12.4 Å². The van der Waals surface area contributed by atoms with E-state index in [1.54, 1.807) is 24.3 Å². The van der Waals surface area contributed by atoms with Gasteiger partial charge in [0.1, 0.15) is 11.5 Å². The number of para-hydroxylation sites is 1. The molecule has 0 spiro atoms. The standard InChI is InChI=1S/C19H22N2O4S.ClH/c1-26(23,24)19(10-12-20-13-11-19)18(22)21-15-6-5-9-17(14-15)25-16-7-3-2-4-8-16;/h2-9,14,20H,10-13H2,1H3,(H,21,22);1H. The van der Waals surface area contributed by atoms with Gasteiger partial charge in [-0.25, -0.2) is 8.42 Å². The molecule has 6 nitrogen and oxygen atoms in total. The van der Waals surface area contributed by atoms with Crippen LogP contribution in [0.4, 0.5) is 5.69 Å². The predicted molar refractivity (Wildman–Crippen MR) is 109 cm³/mol. The van der Waals surface area contributed by atoms with E-state index in [0.717, 1.165) is 6.26 Å². The Hall–Kier alpha value is -2.09. The number of carbonyl (C=O) groups excluding carboxylic acids is 1. The monoisotopic (exact) mass is 410 g/mol. The molecule has 0 aromatic heterocycles. The summed E-state index contributed by atoms with van der Waals surface area (Å²) < 4.78 is 29.0. The third-order valence-corrected chi connectivity index (χ3v) is 6.62. The Balaban J connectivity index is 0.00000261. The maximum Gasteiger partial charge on any atom is 0.245 e. The number of halogens is 1. The van der Waals surface area contributed by atoms with Gasteiger partial charge < -0.3 is 15.4 Å². The van der Waals surface area contributed by atoms with Crippen LogP contribution in [-0.2, 0) is 14.6 Å². The van der Waals surface area contributed by atoms with Crippen LogP contribution in [0.15, 0.2) is 54.6 Å².